The fraction of sp³-hybridized carbons (Fsp3) is 0.600. The molecule has 0 aromatic carbocycles. The van der Waals surface area contributed by atoms with Crippen LogP contribution in [0.2, 0.25) is 0 Å². The fourth-order valence-corrected chi connectivity index (χ4v) is 3.64. The fourth-order valence-electron chi connectivity index (χ4n) is 2.86. The van der Waals surface area contributed by atoms with Crippen molar-refractivity contribution in [3.8, 4) is 0 Å². The van der Waals surface area contributed by atoms with Crippen molar-refractivity contribution in [2.75, 3.05) is 39.2 Å². The Balaban J connectivity index is 1.68. The van der Waals surface area contributed by atoms with Gasteiger partial charge >= 0.3 is 0 Å². The van der Waals surface area contributed by atoms with Gasteiger partial charge in [-0.3, -0.25) is 4.90 Å². The summed E-state index contributed by atoms with van der Waals surface area (Å²) in [6.07, 6.45) is 2.44. The van der Waals surface area contributed by atoms with Crippen LogP contribution in [0.5, 0.6) is 0 Å². The second kappa shape index (κ2) is 6.68. The minimum absolute atomic E-state index is 0.637. The summed E-state index contributed by atoms with van der Waals surface area (Å²) in [7, 11) is 4.04. The number of ether oxygens (including phenoxy) is 1. The third-order valence-corrected chi connectivity index (χ3v) is 4.65. The summed E-state index contributed by atoms with van der Waals surface area (Å²) in [6, 6.07) is 2.07. The van der Waals surface area contributed by atoms with Gasteiger partial charge in [0.25, 0.3) is 0 Å². The van der Waals surface area contributed by atoms with E-state index in [9.17, 15) is 0 Å². The lowest BCUT2D eigenvalue weighted by atomic mass is 10.0. The highest BCUT2D eigenvalue weighted by molar-refractivity contribution is 7.16. The molecular formula is C15H22N4OS. The molecule has 114 valence electrons. The maximum absolute atomic E-state index is 5.55. The number of aromatic nitrogens is 2. The molecule has 1 unspecified atom stereocenters. The first-order valence-corrected chi connectivity index (χ1v) is 8.32. The first-order chi connectivity index (χ1) is 10.3. The van der Waals surface area contributed by atoms with E-state index in [0.29, 0.717) is 5.92 Å². The van der Waals surface area contributed by atoms with Gasteiger partial charge in [0, 0.05) is 20.2 Å². The molecule has 1 fully saturated rings. The normalized spacial score (nSPS) is 19.3. The maximum atomic E-state index is 5.55. The predicted molar refractivity (Wildman–Crippen MR) is 86.8 cm³/mol. The van der Waals surface area contributed by atoms with E-state index in [0.717, 1.165) is 48.2 Å². The van der Waals surface area contributed by atoms with Gasteiger partial charge in [0.1, 0.15) is 16.5 Å². The monoisotopic (exact) mass is 306 g/mol. The molecule has 1 aliphatic rings. The molecule has 2 aromatic rings. The molecule has 0 saturated carbocycles. The summed E-state index contributed by atoms with van der Waals surface area (Å²) in [4.78, 5) is 12.7. The van der Waals surface area contributed by atoms with Crippen molar-refractivity contribution < 1.29 is 4.74 Å². The van der Waals surface area contributed by atoms with Gasteiger partial charge in [-0.1, -0.05) is 0 Å². The van der Waals surface area contributed by atoms with Gasteiger partial charge in [-0.2, -0.15) is 0 Å². The summed E-state index contributed by atoms with van der Waals surface area (Å²) in [5.41, 5.74) is 0. The van der Waals surface area contributed by atoms with Gasteiger partial charge in [-0.15, -0.1) is 11.3 Å². The Bertz CT molecular complexity index is 594. The molecule has 1 saturated heterocycles. The topological polar surface area (TPSA) is 50.3 Å². The van der Waals surface area contributed by atoms with Crippen molar-refractivity contribution in [2.45, 2.75) is 19.4 Å². The molecule has 0 radical (unpaired) electrons. The van der Waals surface area contributed by atoms with Crippen molar-refractivity contribution in [1.29, 1.82) is 0 Å². The number of anilines is 1. The van der Waals surface area contributed by atoms with Crippen molar-refractivity contribution in [3.63, 3.8) is 0 Å². The van der Waals surface area contributed by atoms with E-state index >= 15 is 0 Å². The highest BCUT2D eigenvalue weighted by Crippen LogP contribution is 2.25. The van der Waals surface area contributed by atoms with Gasteiger partial charge in [0.15, 0.2) is 0 Å². The second-order valence-electron chi connectivity index (χ2n) is 5.66. The molecule has 5 nitrogen and oxygen atoms in total. The number of nitrogens with zero attached hydrogens (tertiary/aromatic N) is 3. The predicted octanol–water partition coefficient (Wildman–Crippen LogP) is 2.59. The molecule has 1 N–H and O–H groups in total. The molecule has 0 aliphatic carbocycles. The Morgan fingerprint density at radius 2 is 2.38 bits per heavy atom. The quantitative estimate of drug-likeness (QED) is 0.920. The zero-order valence-electron chi connectivity index (χ0n) is 12.6. The van der Waals surface area contributed by atoms with E-state index in [4.69, 9.17) is 4.74 Å². The minimum atomic E-state index is 0.637. The molecule has 21 heavy (non-hydrogen) atoms. The van der Waals surface area contributed by atoms with Gasteiger partial charge in [0.2, 0.25) is 0 Å². The lowest BCUT2D eigenvalue weighted by molar-refractivity contribution is 0.0409. The van der Waals surface area contributed by atoms with Crippen LogP contribution >= 0.6 is 11.3 Å². The zero-order chi connectivity index (χ0) is 14.7. The van der Waals surface area contributed by atoms with E-state index in [1.54, 1.807) is 11.3 Å². The number of nitrogens with one attached hydrogen (secondary N) is 1. The van der Waals surface area contributed by atoms with Crippen LogP contribution in [0, 0.1) is 5.92 Å². The van der Waals surface area contributed by atoms with Gasteiger partial charge < -0.3 is 10.1 Å². The molecule has 0 amide bonds. The smallest absolute Gasteiger partial charge is 0.146 e. The van der Waals surface area contributed by atoms with Crippen LogP contribution in [0.25, 0.3) is 10.2 Å². The Hall–Kier alpha value is -1.24. The minimum Gasteiger partial charge on any atom is -0.381 e. The van der Waals surface area contributed by atoms with E-state index in [1.807, 2.05) is 7.05 Å². The third-order valence-electron chi connectivity index (χ3n) is 3.84. The van der Waals surface area contributed by atoms with E-state index in [2.05, 4.69) is 38.7 Å². The average Bonchev–Trinajstić information content (AvgIpc) is 2.95. The first kappa shape index (κ1) is 14.7. The van der Waals surface area contributed by atoms with E-state index in [-0.39, 0.29) is 0 Å². The molecule has 1 aliphatic heterocycles. The highest BCUT2D eigenvalue weighted by atomic mass is 32.1. The van der Waals surface area contributed by atoms with Gasteiger partial charge in [-0.05, 0) is 37.3 Å². The maximum Gasteiger partial charge on any atom is 0.146 e. The summed E-state index contributed by atoms with van der Waals surface area (Å²) in [5.74, 6) is 2.44. The number of hydrogen-bond donors (Lipinski definition) is 1. The number of rotatable bonds is 5. The van der Waals surface area contributed by atoms with Crippen LogP contribution in [0.4, 0.5) is 5.82 Å². The van der Waals surface area contributed by atoms with Crippen molar-refractivity contribution >= 4 is 27.4 Å². The highest BCUT2D eigenvalue weighted by Gasteiger charge is 2.17. The van der Waals surface area contributed by atoms with Crippen LogP contribution in [-0.4, -0.2) is 48.7 Å². The van der Waals surface area contributed by atoms with E-state index < -0.39 is 0 Å². The van der Waals surface area contributed by atoms with E-state index in [1.165, 1.54) is 12.8 Å². The molecule has 0 bridgehead atoms. The SMILES string of the molecule is CNc1nc(CN(C)CC2CCCOC2)nc2sccc12. The Labute approximate surface area is 129 Å². The molecule has 3 heterocycles. The summed E-state index contributed by atoms with van der Waals surface area (Å²) in [6.45, 7) is 3.63. The van der Waals surface area contributed by atoms with Crippen molar-refractivity contribution in [2.24, 2.45) is 5.92 Å². The van der Waals surface area contributed by atoms with Crippen molar-refractivity contribution in [1.82, 2.24) is 14.9 Å². The first-order valence-electron chi connectivity index (χ1n) is 7.44. The molecule has 0 spiro atoms. The molecule has 2 aromatic heterocycles. The van der Waals surface area contributed by atoms with Gasteiger partial charge in [-0.25, -0.2) is 9.97 Å². The van der Waals surface area contributed by atoms with Crippen LogP contribution in [-0.2, 0) is 11.3 Å². The van der Waals surface area contributed by atoms with Crippen LogP contribution in [0.3, 0.4) is 0 Å². The van der Waals surface area contributed by atoms with Crippen LogP contribution in [0.1, 0.15) is 18.7 Å². The number of thiophene rings is 1. The van der Waals surface area contributed by atoms with Crippen LogP contribution < -0.4 is 5.32 Å². The Morgan fingerprint density at radius 3 is 3.14 bits per heavy atom. The lowest BCUT2D eigenvalue weighted by Gasteiger charge is -2.26. The summed E-state index contributed by atoms with van der Waals surface area (Å²) < 4.78 is 5.55. The molecular weight excluding hydrogens is 284 g/mol. The standard InChI is InChI=1S/C15H22N4OS/c1-16-14-12-5-7-21-15(12)18-13(17-14)9-19(2)8-11-4-3-6-20-10-11/h5,7,11H,3-4,6,8-10H2,1-2H3,(H,16,17,18). The summed E-state index contributed by atoms with van der Waals surface area (Å²) >= 11 is 1.66. The third kappa shape index (κ3) is 3.51. The number of fused-ring (bicyclic) bond motifs is 1. The molecule has 1 atom stereocenters. The Kier molecular flexibility index (Phi) is 4.67. The lowest BCUT2D eigenvalue weighted by Crippen LogP contribution is -2.31. The zero-order valence-corrected chi connectivity index (χ0v) is 13.4. The number of hydrogen-bond acceptors (Lipinski definition) is 6. The molecule has 6 heteroatoms. The largest absolute Gasteiger partial charge is 0.381 e. The van der Waals surface area contributed by atoms with Crippen molar-refractivity contribution in [3.05, 3.63) is 17.3 Å². The second-order valence-corrected chi connectivity index (χ2v) is 6.55. The Morgan fingerprint density at radius 1 is 1.48 bits per heavy atom. The average molecular weight is 306 g/mol. The molecule has 3 rings (SSSR count). The summed E-state index contributed by atoms with van der Waals surface area (Å²) in [5, 5.41) is 6.34. The van der Waals surface area contributed by atoms with Crippen LogP contribution in [0.15, 0.2) is 11.4 Å². The van der Waals surface area contributed by atoms with Gasteiger partial charge in [0.05, 0.1) is 18.5 Å².